The van der Waals surface area contributed by atoms with Crippen molar-refractivity contribution in [3.63, 3.8) is 0 Å². The Balaban J connectivity index is 0. The molecule has 0 aromatic heterocycles. The van der Waals surface area contributed by atoms with Crippen molar-refractivity contribution in [2.45, 2.75) is 295 Å². The van der Waals surface area contributed by atoms with Gasteiger partial charge in [-0.2, -0.15) is 10.5 Å². The average molecular weight is 1610 g/mol. The number of hydrogen-bond donors (Lipinski definition) is 6. The molecule has 7 heterocycles. The summed E-state index contributed by atoms with van der Waals surface area (Å²) >= 11 is 4.61. The predicted molar refractivity (Wildman–Crippen MR) is 416 cm³/mol. The number of nitrogens with zero attached hydrogens (tertiary/aromatic N) is 4. The highest BCUT2D eigenvalue weighted by Gasteiger charge is 2.52. The van der Waals surface area contributed by atoms with Gasteiger partial charge >= 0.3 is 0 Å². The SMILES string of the molecule is C.C.CC(C)N(C(C)C)P(=O)(CCC#N)N(C(C)C)C(C)C.CC1(C)CO[C@@H]2CO[C@@H](c3ccccc3)OC2[C@@H]1O.CC1(C)CO[C@@H]2CO[C@@H](c3ccccc3)OC2[C@H]1F.CC1(C)CO[C@H](CO)C(O)[C@H]1F.[2H]C([3H])Cl.[2H]C[C@H]1OCC(C)(C)[C@H](F)C1O.[2H]C[C@H]1OCC(C)(C)[C@H](F)C1OP(C)OCCC#N.[3H]OC.[3H]OC. The van der Waals surface area contributed by atoms with Gasteiger partial charge in [-0.3, -0.25) is 4.57 Å². The van der Waals surface area contributed by atoms with Gasteiger partial charge in [0.25, 0.3) is 0 Å². The van der Waals surface area contributed by atoms with E-state index in [-0.39, 0.29) is 116 Å². The minimum absolute atomic E-state index is 0. The smallest absolute Gasteiger partial charge is 0.218 e. The lowest BCUT2D eigenvalue weighted by molar-refractivity contribution is -0.318. The molecule has 107 heavy (non-hydrogen) atoms. The molecule has 6 N–H and O–H groups in total. The molecule has 0 spiro atoms. The van der Waals surface area contributed by atoms with Gasteiger partial charge in [0.05, 0.1) is 96.3 Å². The van der Waals surface area contributed by atoms with Crippen LogP contribution in [0.5, 0.6) is 0 Å². The van der Waals surface area contributed by atoms with Crippen LogP contribution < -0.4 is 0 Å². The third kappa shape index (κ3) is 31.6. The maximum atomic E-state index is 14.5. The van der Waals surface area contributed by atoms with Crippen LogP contribution in [0.15, 0.2) is 60.7 Å². The Kier molecular flexibility index (Phi) is 44.8. The molecule has 7 saturated heterocycles. The third-order valence-electron chi connectivity index (χ3n) is 18.3. The molecule has 2 aromatic rings. The fourth-order valence-corrected chi connectivity index (χ4v) is 17.5. The summed E-state index contributed by atoms with van der Waals surface area (Å²) in [6.45, 7) is 38.8. The quantitative estimate of drug-likeness (QED) is 0.0394. The van der Waals surface area contributed by atoms with Crippen LogP contribution in [0.25, 0.3) is 0 Å². The molecule has 7 unspecified atom stereocenters. The number of aliphatic hydroxyl groups is 6. The van der Waals surface area contributed by atoms with Crippen LogP contribution in [-0.2, 0) is 56.2 Å². The summed E-state index contributed by atoms with van der Waals surface area (Å²) < 4.78 is 173. The number of hydrogen-bond acceptors (Lipinski definition) is 20. The van der Waals surface area contributed by atoms with Crippen molar-refractivity contribution in [3.05, 3.63) is 71.8 Å². The average Bonchev–Trinajstić information content (AvgIpc) is 0.791. The lowest BCUT2D eigenvalue weighted by atomic mass is 9.80. The van der Waals surface area contributed by atoms with Crippen LogP contribution in [0.1, 0.15) is 195 Å². The predicted octanol–water partition coefficient (Wildman–Crippen LogP) is 14.7. The summed E-state index contributed by atoms with van der Waals surface area (Å²) in [5, 5.41) is 62.2. The summed E-state index contributed by atoms with van der Waals surface area (Å²) in [4.78, 5) is 0. The van der Waals surface area contributed by atoms with Crippen molar-refractivity contribution in [2.75, 3.05) is 92.8 Å². The van der Waals surface area contributed by atoms with Crippen molar-refractivity contribution in [1.82, 2.24) is 9.34 Å². The first-order valence-electron chi connectivity index (χ1n) is 39.0. The molecule has 29 heteroatoms. The highest BCUT2D eigenvalue weighted by Crippen LogP contribution is 2.58. The van der Waals surface area contributed by atoms with E-state index in [0.29, 0.717) is 39.0 Å². The van der Waals surface area contributed by atoms with E-state index in [9.17, 15) is 37.4 Å². The number of alkyl halides is 5. The molecule has 626 valence electrons. The van der Waals surface area contributed by atoms with Crippen LogP contribution in [0.4, 0.5) is 17.6 Å². The number of aliphatic hydroxyl groups excluding tert-OH is 6. The summed E-state index contributed by atoms with van der Waals surface area (Å²) in [5.41, 5.74) is -0.845. The third-order valence-corrected chi connectivity index (χ3v) is 23.5. The minimum Gasteiger partial charge on any atom is -0.400 e. The molecule has 0 saturated carbocycles. The molecule has 0 amide bonds. The fraction of sp³-hybridized carbons (Fsp3) is 0.821. The van der Waals surface area contributed by atoms with E-state index in [2.05, 4.69) is 92.6 Å². The molecule has 0 bridgehead atoms. The summed E-state index contributed by atoms with van der Waals surface area (Å²) in [6, 6.07) is 24.3. The second kappa shape index (κ2) is 50.5. The lowest BCUT2D eigenvalue weighted by Gasteiger charge is -2.48. The maximum Gasteiger partial charge on any atom is 0.218 e. The van der Waals surface area contributed by atoms with Crippen LogP contribution in [-0.4, -0.2) is 252 Å². The van der Waals surface area contributed by atoms with Crippen molar-refractivity contribution >= 4 is 27.4 Å². The van der Waals surface area contributed by atoms with Gasteiger partial charge in [0.1, 0.15) is 73.5 Å². The highest BCUT2D eigenvalue weighted by atomic mass is 35.5. The number of rotatable bonds is 16. The second-order valence-corrected chi connectivity index (χ2v) is 35.0. The summed E-state index contributed by atoms with van der Waals surface area (Å²) in [5.74, 6) is 0. The van der Waals surface area contributed by atoms with E-state index in [1.807, 2.05) is 94.4 Å². The molecule has 2 aromatic carbocycles. The Labute approximate surface area is 656 Å². The number of benzene rings is 2. The maximum absolute atomic E-state index is 14.5. The molecule has 7 aliphatic heterocycles. The first-order chi connectivity index (χ1) is 51.7. The topological polar surface area (TPSA) is 294 Å². The van der Waals surface area contributed by atoms with E-state index in [1.165, 1.54) is 14.2 Å². The van der Waals surface area contributed by atoms with Crippen molar-refractivity contribution < 1.29 is 110 Å². The van der Waals surface area contributed by atoms with Gasteiger partial charge in [-0.05, 0) is 69.2 Å². The van der Waals surface area contributed by atoms with E-state index in [0.717, 1.165) is 11.1 Å². The normalized spacial score (nSPS) is 31.7. The van der Waals surface area contributed by atoms with Crippen molar-refractivity contribution in [1.29, 1.82) is 13.4 Å². The van der Waals surface area contributed by atoms with Gasteiger partial charge in [-0.1, -0.05) is 145 Å². The van der Waals surface area contributed by atoms with Gasteiger partial charge in [0.15, 0.2) is 21.0 Å². The Morgan fingerprint density at radius 3 is 1.41 bits per heavy atom. The standard InChI is InChI=1S/C15H19FO3.C15H32N3OP.C15H20O4.C12H21FNO3P.C8H15FO3.C8H15FO2.CH3Cl.2CH4O.2CH4/c1-15(2)9-18-11-8-17-14(19-12(11)13(15)16)10-6-4-3-5-7-10;1-12(2)17(13(3)4)20(19,11-9-10-16)18(14(5)6)15(7)8;1-15(2)9-18-11-8-17-14(19-12(11)13(15)16)10-6-4-3-5-7-10;1-9-10(11(13)12(2,3)8-15-9)17-18(4)16-7-5-6-14;1-8(2)4-12-5(3-10)6(11)7(8)9;1-5-6(10)7(9)8(2,3)4-11-5;3*1-2;;/h3-7,11-14H,8-9H2,1-2H3;12-15H,9,11H2,1-8H3;3-7,11-14,16H,8-9H2,1-2H3;9-11H,5,7-8H2,1-4H3;5-7,10-11H,3-4H2,1-2H3;5-7,10H,4H2,1-3H3;1H3;2*2H,1H3;2*1H4/t11-,12?,13-,14-;;11-,12?,13+,14-;9-,10?,11-,18?;2*5-,6?,7-;;;;;/m1.1111...../s1/i;;;1D;;1D;1TD;2*2T;;. The lowest BCUT2D eigenvalue weighted by Crippen LogP contribution is -2.59. The van der Waals surface area contributed by atoms with E-state index >= 15 is 0 Å². The number of fused-ring (bicyclic) bond motifs is 2. The van der Waals surface area contributed by atoms with E-state index in [1.54, 1.807) is 48.2 Å². The second-order valence-electron chi connectivity index (χ2n) is 30.9. The summed E-state index contributed by atoms with van der Waals surface area (Å²) in [6.07, 6.45) is -12.9. The monoisotopic (exact) mass is 1600 g/mol. The Morgan fingerprint density at radius 2 is 0.991 bits per heavy atom. The van der Waals surface area contributed by atoms with E-state index in [4.69, 9.17) is 75.7 Å². The molecular formula is C78H141ClF4N4O18P2. The Morgan fingerprint density at radius 1 is 0.617 bits per heavy atom. The first-order valence-corrected chi connectivity index (χ1v) is 39.5. The fourth-order valence-electron chi connectivity index (χ4n) is 12.5. The first kappa shape index (κ1) is 94.9. The Bertz CT molecular complexity index is 2800. The van der Waals surface area contributed by atoms with Crippen LogP contribution >= 0.6 is 27.4 Å². The van der Waals surface area contributed by atoms with Crippen LogP contribution in [0.2, 0.25) is 0 Å². The van der Waals surface area contributed by atoms with Gasteiger partial charge in [0, 0.05) is 108 Å². The zero-order valence-corrected chi connectivity index (χ0v) is 68.5. The van der Waals surface area contributed by atoms with Gasteiger partial charge in [0.2, 0.25) is 10.3 Å². The minimum atomic E-state index is -2.74. The number of nitriles is 2. The number of halogens is 5. The van der Waals surface area contributed by atoms with Crippen molar-refractivity contribution in [2.24, 2.45) is 27.1 Å². The largest absolute Gasteiger partial charge is 0.400 e. The van der Waals surface area contributed by atoms with Crippen LogP contribution in [0.3, 0.4) is 0 Å². The molecule has 9 rings (SSSR count). The molecule has 7 aliphatic rings. The summed E-state index contributed by atoms with van der Waals surface area (Å²) in [7, 11) is -1.42. The molecule has 0 radical (unpaired) electrons. The van der Waals surface area contributed by atoms with Gasteiger partial charge in [-0.25, -0.2) is 26.9 Å². The van der Waals surface area contributed by atoms with Crippen molar-refractivity contribution in [3.8, 4) is 12.1 Å². The van der Waals surface area contributed by atoms with Gasteiger partial charge < -0.3 is 82.3 Å². The zero-order chi connectivity index (χ0) is 85.2. The molecule has 0 aliphatic carbocycles. The highest BCUT2D eigenvalue weighted by molar-refractivity contribution is 7.59. The molecule has 22 nitrogen and oxygen atoms in total. The molecule has 19 atom stereocenters. The van der Waals surface area contributed by atoms with E-state index < -0.39 is 130 Å². The zero-order valence-electron chi connectivity index (χ0n) is 72.0. The van der Waals surface area contributed by atoms with Crippen LogP contribution in [0, 0.1) is 49.7 Å². The molecular weight excluding hydrogens is 1450 g/mol. The molecule has 7 fully saturated rings. The van der Waals surface area contributed by atoms with Gasteiger partial charge in [-0.15, -0.1) is 11.6 Å². The Hall–Kier alpha value is -2.67. The number of ether oxygens (including phenoxy) is 9.